The van der Waals surface area contributed by atoms with Crippen LogP contribution >= 0.6 is 0 Å². The van der Waals surface area contributed by atoms with Gasteiger partial charge in [0.05, 0.1) is 12.2 Å². The molecule has 0 radical (unpaired) electrons. The molecule has 6 nitrogen and oxygen atoms in total. The summed E-state index contributed by atoms with van der Waals surface area (Å²) in [4.78, 5) is 12.6. The van der Waals surface area contributed by atoms with Gasteiger partial charge in [-0.1, -0.05) is 6.42 Å². The largest absolute Gasteiger partial charge is 0.481 e. The van der Waals surface area contributed by atoms with E-state index in [4.69, 9.17) is 5.11 Å². The van der Waals surface area contributed by atoms with E-state index in [-0.39, 0.29) is 18.2 Å². The van der Waals surface area contributed by atoms with Crippen molar-refractivity contribution in [2.45, 2.75) is 38.6 Å². The second-order valence-corrected chi connectivity index (χ2v) is 6.68. The third-order valence-corrected chi connectivity index (χ3v) is 4.55. The van der Waals surface area contributed by atoms with Crippen LogP contribution in [-0.2, 0) is 14.8 Å². The van der Waals surface area contributed by atoms with E-state index in [1.807, 2.05) is 6.92 Å². The van der Waals surface area contributed by atoms with Crippen molar-refractivity contribution < 1.29 is 18.3 Å². The highest BCUT2D eigenvalue weighted by Crippen LogP contribution is 2.11. The minimum atomic E-state index is -3.47. The third-order valence-electron chi connectivity index (χ3n) is 3.20. The van der Waals surface area contributed by atoms with Crippen molar-refractivity contribution in [3.63, 3.8) is 0 Å². The number of hydrogen-bond acceptors (Lipinski definition) is 4. The molecule has 0 aliphatic carbocycles. The van der Waals surface area contributed by atoms with E-state index in [1.54, 1.807) is 0 Å². The summed E-state index contributed by atoms with van der Waals surface area (Å²) in [5.74, 6) is -1.45. The highest BCUT2D eigenvalue weighted by atomic mass is 32.2. The first-order valence-corrected chi connectivity index (χ1v) is 7.99. The maximum Gasteiger partial charge on any atom is 0.304 e. The molecule has 1 atom stereocenters. The number of nitrogens with zero attached hydrogens (tertiary/aromatic N) is 1. The highest BCUT2D eigenvalue weighted by Gasteiger charge is 2.19. The van der Waals surface area contributed by atoms with Gasteiger partial charge < -0.3 is 5.11 Å². The van der Waals surface area contributed by atoms with Crippen molar-refractivity contribution in [2.75, 3.05) is 25.4 Å². The number of rotatable bonds is 7. The molecule has 0 aromatic rings. The first-order chi connectivity index (χ1) is 8.41. The number of sulfonamides is 1. The quantitative estimate of drug-likeness (QED) is 0.697. The van der Waals surface area contributed by atoms with Crippen molar-refractivity contribution in [2.24, 2.45) is 0 Å². The van der Waals surface area contributed by atoms with Gasteiger partial charge in [-0.25, -0.2) is 13.1 Å². The summed E-state index contributed by atoms with van der Waals surface area (Å²) in [6.07, 6.45) is 3.22. The zero-order chi connectivity index (χ0) is 13.6. The SMILES string of the molecule is CC(CNS(=O)(=O)CCC(=O)O)N1CCCCC1. The monoisotopic (exact) mass is 278 g/mol. The van der Waals surface area contributed by atoms with Crippen molar-refractivity contribution in [3.8, 4) is 0 Å². The molecule has 1 fully saturated rings. The summed E-state index contributed by atoms with van der Waals surface area (Å²) in [6.45, 7) is 4.36. The maximum absolute atomic E-state index is 11.5. The lowest BCUT2D eigenvalue weighted by Gasteiger charge is -2.32. The van der Waals surface area contributed by atoms with Crippen LogP contribution in [-0.4, -0.2) is 55.8 Å². The fraction of sp³-hybridized carbons (Fsp3) is 0.909. The normalized spacial score (nSPS) is 19.6. The number of piperidine rings is 1. The molecule has 0 spiro atoms. The summed E-state index contributed by atoms with van der Waals surface area (Å²) in [5.41, 5.74) is 0. The Morgan fingerprint density at radius 1 is 1.33 bits per heavy atom. The number of likely N-dealkylation sites (tertiary alicyclic amines) is 1. The van der Waals surface area contributed by atoms with Gasteiger partial charge in [-0.05, 0) is 32.9 Å². The lowest BCUT2D eigenvalue weighted by Crippen LogP contribution is -2.44. The maximum atomic E-state index is 11.5. The van der Waals surface area contributed by atoms with Gasteiger partial charge in [-0.2, -0.15) is 0 Å². The van der Waals surface area contributed by atoms with Gasteiger partial charge in [0.2, 0.25) is 10.0 Å². The predicted octanol–water partition coefficient (Wildman–Crippen LogP) is 0.255. The van der Waals surface area contributed by atoms with E-state index in [2.05, 4.69) is 9.62 Å². The van der Waals surface area contributed by atoms with Crippen LogP contribution in [0.2, 0.25) is 0 Å². The van der Waals surface area contributed by atoms with Crippen LogP contribution in [0.25, 0.3) is 0 Å². The number of aliphatic carboxylic acids is 1. The average molecular weight is 278 g/mol. The van der Waals surface area contributed by atoms with Gasteiger partial charge >= 0.3 is 5.97 Å². The Labute approximate surface area is 108 Å². The van der Waals surface area contributed by atoms with Crippen LogP contribution < -0.4 is 4.72 Å². The van der Waals surface area contributed by atoms with E-state index < -0.39 is 16.0 Å². The molecule has 2 N–H and O–H groups in total. The molecule has 7 heteroatoms. The van der Waals surface area contributed by atoms with Gasteiger partial charge in [0.15, 0.2) is 0 Å². The Balaban J connectivity index is 2.31. The van der Waals surface area contributed by atoms with Crippen molar-refractivity contribution >= 4 is 16.0 Å². The van der Waals surface area contributed by atoms with Crippen LogP contribution in [0.4, 0.5) is 0 Å². The summed E-state index contributed by atoms with van der Waals surface area (Å²) < 4.78 is 25.5. The van der Waals surface area contributed by atoms with Crippen LogP contribution in [0.1, 0.15) is 32.6 Å². The van der Waals surface area contributed by atoms with Crippen LogP contribution in [0.3, 0.4) is 0 Å². The van der Waals surface area contributed by atoms with Gasteiger partial charge in [0.25, 0.3) is 0 Å². The van der Waals surface area contributed by atoms with Crippen molar-refractivity contribution in [1.82, 2.24) is 9.62 Å². The minimum Gasteiger partial charge on any atom is -0.481 e. The number of carboxylic acids is 1. The van der Waals surface area contributed by atoms with E-state index in [1.165, 1.54) is 6.42 Å². The molecule has 1 saturated heterocycles. The van der Waals surface area contributed by atoms with E-state index in [9.17, 15) is 13.2 Å². The van der Waals surface area contributed by atoms with E-state index in [0.29, 0.717) is 6.54 Å². The molecule has 0 amide bonds. The van der Waals surface area contributed by atoms with E-state index >= 15 is 0 Å². The summed E-state index contributed by atoms with van der Waals surface area (Å²) >= 11 is 0. The molecule has 106 valence electrons. The Kier molecular flexibility index (Phi) is 6.04. The zero-order valence-corrected chi connectivity index (χ0v) is 11.6. The van der Waals surface area contributed by atoms with Crippen molar-refractivity contribution in [3.05, 3.63) is 0 Å². The van der Waals surface area contributed by atoms with E-state index in [0.717, 1.165) is 25.9 Å². The fourth-order valence-corrected chi connectivity index (χ4v) is 3.11. The van der Waals surface area contributed by atoms with Crippen molar-refractivity contribution in [1.29, 1.82) is 0 Å². The Morgan fingerprint density at radius 3 is 2.50 bits per heavy atom. The first kappa shape index (κ1) is 15.4. The molecule has 0 saturated carbocycles. The molecule has 1 aliphatic heterocycles. The second-order valence-electron chi connectivity index (χ2n) is 4.76. The lowest BCUT2D eigenvalue weighted by molar-refractivity contribution is -0.136. The Bertz CT molecular complexity index is 363. The van der Waals surface area contributed by atoms with Crippen LogP contribution in [0.15, 0.2) is 0 Å². The standard InChI is InChI=1S/C11H22N2O4S/c1-10(13-6-3-2-4-7-13)9-12-18(16,17)8-5-11(14)15/h10,12H,2-9H2,1H3,(H,14,15). The second kappa shape index (κ2) is 7.06. The van der Waals surface area contributed by atoms with Gasteiger partial charge in [-0.3, -0.25) is 9.69 Å². The Morgan fingerprint density at radius 2 is 1.94 bits per heavy atom. The molecule has 0 aromatic carbocycles. The molecule has 18 heavy (non-hydrogen) atoms. The molecule has 1 unspecified atom stereocenters. The molecular formula is C11H22N2O4S. The van der Waals surface area contributed by atoms with Crippen LogP contribution in [0.5, 0.6) is 0 Å². The molecule has 1 heterocycles. The summed E-state index contributed by atoms with van der Waals surface area (Å²) in [5, 5.41) is 8.46. The molecule has 1 aliphatic rings. The summed E-state index contributed by atoms with van der Waals surface area (Å²) in [6, 6.07) is 0.157. The van der Waals surface area contributed by atoms with Gasteiger partial charge in [0, 0.05) is 12.6 Å². The fourth-order valence-electron chi connectivity index (χ4n) is 2.03. The topological polar surface area (TPSA) is 86.7 Å². The van der Waals surface area contributed by atoms with Gasteiger partial charge in [-0.15, -0.1) is 0 Å². The molecule has 1 rings (SSSR count). The summed E-state index contributed by atoms with van der Waals surface area (Å²) in [7, 11) is -3.47. The third kappa shape index (κ3) is 5.79. The zero-order valence-electron chi connectivity index (χ0n) is 10.8. The predicted molar refractivity (Wildman–Crippen MR) is 68.9 cm³/mol. The first-order valence-electron chi connectivity index (χ1n) is 6.34. The van der Waals surface area contributed by atoms with Gasteiger partial charge in [0.1, 0.15) is 0 Å². The molecule has 0 aromatic heterocycles. The number of nitrogens with one attached hydrogen (secondary N) is 1. The minimum absolute atomic E-state index is 0.157. The number of hydrogen-bond donors (Lipinski definition) is 2. The number of carbonyl (C=O) groups is 1. The Hall–Kier alpha value is -0.660. The average Bonchev–Trinajstić information content (AvgIpc) is 2.35. The highest BCUT2D eigenvalue weighted by molar-refractivity contribution is 7.89. The molecule has 0 bridgehead atoms. The number of carboxylic acid groups (broad SMARTS) is 1. The smallest absolute Gasteiger partial charge is 0.304 e. The molecular weight excluding hydrogens is 256 g/mol. The lowest BCUT2D eigenvalue weighted by atomic mass is 10.1. The van der Waals surface area contributed by atoms with Crippen LogP contribution in [0, 0.1) is 0 Å².